The van der Waals surface area contributed by atoms with Gasteiger partial charge in [0.2, 0.25) is 0 Å². The maximum atomic E-state index is 12.9. The number of carbonyl (C=O) groups is 1. The maximum absolute atomic E-state index is 12.9. The molecule has 0 N–H and O–H groups in total. The topological polar surface area (TPSA) is 78.7 Å². The van der Waals surface area contributed by atoms with Crippen molar-refractivity contribution in [3.05, 3.63) is 88.0 Å². The van der Waals surface area contributed by atoms with Gasteiger partial charge in [0.1, 0.15) is 6.10 Å². The normalized spacial score (nSPS) is 31.8. The quantitative estimate of drug-likeness (QED) is 0.235. The highest BCUT2D eigenvalue weighted by atomic mass is 16.6. The molecule has 33 heavy (non-hydrogen) atoms. The lowest BCUT2D eigenvalue weighted by molar-refractivity contribution is -0.384. The molecule has 1 spiro atoms. The molecule has 0 amide bonds. The van der Waals surface area contributed by atoms with Crippen molar-refractivity contribution < 1.29 is 19.2 Å². The number of hydrogen-bond donors (Lipinski definition) is 0. The van der Waals surface area contributed by atoms with Gasteiger partial charge in [0, 0.05) is 23.5 Å². The second-order valence-corrected chi connectivity index (χ2v) is 9.98. The zero-order chi connectivity index (χ0) is 23.1. The highest BCUT2D eigenvalue weighted by molar-refractivity contribution is 5.89. The Morgan fingerprint density at radius 1 is 1.12 bits per heavy atom. The lowest BCUT2D eigenvalue weighted by atomic mass is 9.67. The SMILES string of the molecule is C[C@@]12CCC[C@@]13C=C[C@H](OC(=O)c1ccc([N+](=O)[O-])cc1)[C@H]3C(COCc1ccccc1)C2. The van der Waals surface area contributed by atoms with E-state index in [9.17, 15) is 14.9 Å². The summed E-state index contributed by atoms with van der Waals surface area (Å²) in [5.74, 6) is 0.0681. The summed E-state index contributed by atoms with van der Waals surface area (Å²) in [6.45, 7) is 3.60. The van der Waals surface area contributed by atoms with Crippen molar-refractivity contribution in [2.45, 2.75) is 45.3 Å². The van der Waals surface area contributed by atoms with Gasteiger partial charge in [-0.1, -0.05) is 49.8 Å². The summed E-state index contributed by atoms with van der Waals surface area (Å²) in [6, 6.07) is 15.8. The largest absolute Gasteiger partial charge is 0.454 e. The van der Waals surface area contributed by atoms with E-state index in [4.69, 9.17) is 9.47 Å². The fraction of sp³-hybridized carbons (Fsp3) is 0.444. The van der Waals surface area contributed by atoms with Crippen LogP contribution in [0.15, 0.2) is 66.7 Å². The number of hydrogen-bond acceptors (Lipinski definition) is 5. The predicted octanol–water partition coefficient (Wildman–Crippen LogP) is 5.72. The number of ether oxygens (including phenoxy) is 2. The van der Waals surface area contributed by atoms with E-state index in [0.717, 1.165) is 18.4 Å². The van der Waals surface area contributed by atoms with Gasteiger partial charge in [0.25, 0.3) is 5.69 Å². The standard InChI is InChI=1S/C27H29NO5/c1-26-13-5-14-27(26)15-12-23(33-25(29)20-8-10-22(11-9-20)28(30)31)24(27)21(16-26)18-32-17-19-6-3-2-4-7-19/h2-4,6-12,15,21,23-24H,5,13-14,16-18H2,1H3/t21?,23-,24+,26-,27-/m0/s1. The van der Waals surface area contributed by atoms with Gasteiger partial charge < -0.3 is 9.47 Å². The molecular weight excluding hydrogens is 418 g/mol. The van der Waals surface area contributed by atoms with Crippen molar-refractivity contribution in [2.24, 2.45) is 22.7 Å². The number of non-ortho nitro benzene ring substituents is 1. The first-order chi connectivity index (χ1) is 15.9. The minimum atomic E-state index is -0.474. The molecule has 6 heteroatoms. The molecule has 0 bridgehead atoms. The summed E-state index contributed by atoms with van der Waals surface area (Å²) >= 11 is 0. The van der Waals surface area contributed by atoms with E-state index in [2.05, 4.69) is 31.2 Å². The summed E-state index contributed by atoms with van der Waals surface area (Å²) in [4.78, 5) is 23.3. The molecule has 1 unspecified atom stereocenters. The Morgan fingerprint density at radius 3 is 2.61 bits per heavy atom. The molecule has 2 aromatic rings. The van der Waals surface area contributed by atoms with Crippen LogP contribution in [0.5, 0.6) is 0 Å². The molecule has 0 saturated heterocycles. The summed E-state index contributed by atoms with van der Waals surface area (Å²) in [5.41, 5.74) is 1.69. The van der Waals surface area contributed by atoms with Crippen molar-refractivity contribution in [1.29, 1.82) is 0 Å². The summed E-state index contributed by atoms with van der Waals surface area (Å²) < 4.78 is 12.2. The average molecular weight is 448 g/mol. The number of esters is 1. The van der Waals surface area contributed by atoms with Crippen LogP contribution in [0.1, 0.15) is 48.5 Å². The molecule has 3 aliphatic carbocycles. The van der Waals surface area contributed by atoms with Crippen LogP contribution in [-0.2, 0) is 16.1 Å². The molecule has 172 valence electrons. The van der Waals surface area contributed by atoms with E-state index in [1.165, 1.54) is 37.1 Å². The molecular formula is C27H29NO5. The first-order valence-electron chi connectivity index (χ1n) is 11.7. The molecule has 0 aromatic heterocycles. The molecule has 5 atom stereocenters. The number of carbonyl (C=O) groups excluding carboxylic acids is 1. The van der Waals surface area contributed by atoms with Crippen molar-refractivity contribution in [2.75, 3.05) is 6.61 Å². The number of allylic oxidation sites excluding steroid dienone is 1. The zero-order valence-electron chi connectivity index (χ0n) is 18.8. The van der Waals surface area contributed by atoms with Gasteiger partial charge in [-0.2, -0.15) is 0 Å². The van der Waals surface area contributed by atoms with E-state index in [0.29, 0.717) is 24.7 Å². The van der Waals surface area contributed by atoms with Crippen molar-refractivity contribution in [3.8, 4) is 0 Å². The van der Waals surface area contributed by atoms with Gasteiger partial charge in [-0.05, 0) is 54.4 Å². The summed E-state index contributed by atoms with van der Waals surface area (Å²) in [7, 11) is 0. The Labute approximate surface area is 193 Å². The minimum absolute atomic E-state index is 0.0422. The first-order valence-corrected chi connectivity index (χ1v) is 11.7. The number of nitro groups is 1. The molecule has 5 rings (SSSR count). The highest BCUT2D eigenvalue weighted by Crippen LogP contribution is 2.71. The fourth-order valence-electron chi connectivity index (χ4n) is 6.72. The van der Waals surface area contributed by atoms with Gasteiger partial charge in [0.15, 0.2) is 0 Å². The predicted molar refractivity (Wildman–Crippen MR) is 124 cm³/mol. The molecule has 2 aromatic carbocycles. The lowest BCUT2D eigenvalue weighted by Crippen LogP contribution is -2.37. The highest BCUT2D eigenvalue weighted by Gasteiger charge is 2.66. The molecule has 0 aliphatic heterocycles. The molecule has 6 nitrogen and oxygen atoms in total. The number of rotatable bonds is 7. The van der Waals surface area contributed by atoms with Crippen LogP contribution in [-0.4, -0.2) is 23.6 Å². The molecule has 0 heterocycles. The Kier molecular flexibility index (Phi) is 5.57. The lowest BCUT2D eigenvalue weighted by Gasteiger charge is -2.38. The van der Waals surface area contributed by atoms with Crippen LogP contribution in [0.4, 0.5) is 5.69 Å². The van der Waals surface area contributed by atoms with Gasteiger partial charge in [-0.15, -0.1) is 0 Å². The van der Waals surface area contributed by atoms with Gasteiger partial charge in [0.05, 0.1) is 23.7 Å². The molecule has 3 aliphatic rings. The van der Waals surface area contributed by atoms with E-state index in [1.807, 2.05) is 18.2 Å². The Bertz CT molecular complexity index is 1070. The third kappa shape index (κ3) is 3.76. The Balaban J connectivity index is 1.31. The minimum Gasteiger partial charge on any atom is -0.454 e. The number of benzene rings is 2. The summed E-state index contributed by atoms with van der Waals surface area (Å²) in [6.07, 6.45) is 8.65. The van der Waals surface area contributed by atoms with Crippen LogP contribution in [0.3, 0.4) is 0 Å². The smallest absolute Gasteiger partial charge is 0.338 e. The molecule has 2 saturated carbocycles. The zero-order valence-corrected chi connectivity index (χ0v) is 18.8. The van der Waals surface area contributed by atoms with E-state index in [1.54, 1.807) is 0 Å². The van der Waals surface area contributed by atoms with Crippen LogP contribution in [0.2, 0.25) is 0 Å². The fourth-order valence-corrected chi connectivity index (χ4v) is 6.72. The van der Waals surface area contributed by atoms with Gasteiger partial charge >= 0.3 is 5.97 Å². The Morgan fingerprint density at radius 2 is 1.88 bits per heavy atom. The van der Waals surface area contributed by atoms with Crippen molar-refractivity contribution in [3.63, 3.8) is 0 Å². The number of nitrogens with zero attached hydrogens (tertiary/aromatic N) is 1. The summed E-state index contributed by atoms with van der Waals surface area (Å²) in [5, 5.41) is 10.9. The van der Waals surface area contributed by atoms with Crippen LogP contribution in [0.25, 0.3) is 0 Å². The van der Waals surface area contributed by atoms with Crippen molar-refractivity contribution in [1.82, 2.24) is 0 Å². The molecule has 0 radical (unpaired) electrons. The van der Waals surface area contributed by atoms with Crippen LogP contribution < -0.4 is 0 Å². The maximum Gasteiger partial charge on any atom is 0.338 e. The second kappa shape index (κ2) is 8.41. The van der Waals surface area contributed by atoms with Gasteiger partial charge in [-0.25, -0.2) is 4.79 Å². The van der Waals surface area contributed by atoms with E-state index >= 15 is 0 Å². The van der Waals surface area contributed by atoms with Crippen molar-refractivity contribution >= 4 is 11.7 Å². The third-order valence-electron chi connectivity index (χ3n) is 8.20. The van der Waals surface area contributed by atoms with Gasteiger partial charge in [-0.3, -0.25) is 10.1 Å². The second-order valence-electron chi connectivity index (χ2n) is 9.98. The van der Waals surface area contributed by atoms with Crippen LogP contribution in [0, 0.1) is 32.8 Å². The Hall–Kier alpha value is -2.99. The molecule has 2 fully saturated rings. The van der Waals surface area contributed by atoms with Crippen LogP contribution >= 0.6 is 0 Å². The van der Waals surface area contributed by atoms with E-state index in [-0.39, 0.29) is 28.5 Å². The first kappa shape index (κ1) is 21.8. The third-order valence-corrected chi connectivity index (χ3v) is 8.20. The number of nitro benzene ring substituents is 1. The monoisotopic (exact) mass is 447 g/mol. The van der Waals surface area contributed by atoms with E-state index < -0.39 is 10.9 Å². The average Bonchev–Trinajstić information content (AvgIpc) is 3.40.